The van der Waals surface area contributed by atoms with Gasteiger partial charge in [-0.1, -0.05) is 53.7 Å². The Hall–Kier alpha value is -2.62. The Labute approximate surface area is 160 Å². The maximum atomic E-state index is 11.4. The lowest BCUT2D eigenvalue weighted by atomic mass is 9.82. The van der Waals surface area contributed by atoms with Gasteiger partial charge >= 0.3 is 0 Å². The molecule has 0 atom stereocenters. The second-order valence-electron chi connectivity index (χ2n) is 9.06. The predicted molar refractivity (Wildman–Crippen MR) is 107 cm³/mol. The summed E-state index contributed by atoms with van der Waals surface area (Å²) in [5.74, 6) is -0.183. The Balaban J connectivity index is 2.66. The van der Waals surface area contributed by atoms with Crippen LogP contribution >= 0.6 is 0 Å². The number of phenolic OH excluding ortho intramolecular Hbond substituents is 2. The lowest BCUT2D eigenvalue weighted by molar-refractivity contribution is 0.111. The van der Waals surface area contributed by atoms with Gasteiger partial charge in [-0.15, -0.1) is 0 Å². The second-order valence-corrected chi connectivity index (χ2v) is 9.06. The van der Waals surface area contributed by atoms with Gasteiger partial charge in [0.25, 0.3) is 0 Å². The first-order valence-electron chi connectivity index (χ1n) is 9.01. The normalized spacial score (nSPS) is 12.1. The van der Waals surface area contributed by atoms with Gasteiger partial charge in [0.15, 0.2) is 12.6 Å². The molecule has 0 aliphatic heterocycles. The second kappa shape index (κ2) is 7.18. The molecular weight excluding hydrogens is 340 g/mol. The molecule has 0 saturated heterocycles. The zero-order valence-corrected chi connectivity index (χ0v) is 16.9. The summed E-state index contributed by atoms with van der Waals surface area (Å²) in [5.41, 5.74) is 2.95. The number of phenols is 2. The summed E-state index contributed by atoms with van der Waals surface area (Å²) < 4.78 is 0. The van der Waals surface area contributed by atoms with Gasteiger partial charge in [-0.2, -0.15) is 0 Å². The molecule has 0 bridgehead atoms. The van der Waals surface area contributed by atoms with Gasteiger partial charge in [-0.05, 0) is 45.2 Å². The van der Waals surface area contributed by atoms with Crippen LogP contribution < -0.4 is 0 Å². The van der Waals surface area contributed by atoms with Gasteiger partial charge in [0, 0.05) is 6.42 Å². The van der Waals surface area contributed by atoms with E-state index in [1.54, 1.807) is 12.1 Å². The van der Waals surface area contributed by atoms with Gasteiger partial charge < -0.3 is 10.2 Å². The maximum absolute atomic E-state index is 11.4. The van der Waals surface area contributed by atoms with E-state index in [9.17, 15) is 19.8 Å². The van der Waals surface area contributed by atoms with Crippen LogP contribution in [0.2, 0.25) is 0 Å². The van der Waals surface area contributed by atoms with Crippen LogP contribution in [0.5, 0.6) is 11.5 Å². The zero-order valence-electron chi connectivity index (χ0n) is 16.9. The maximum Gasteiger partial charge on any atom is 0.153 e. The lowest BCUT2D eigenvalue weighted by Gasteiger charge is -2.23. The Morgan fingerprint density at radius 1 is 0.704 bits per heavy atom. The molecule has 0 aromatic heterocycles. The third kappa shape index (κ3) is 4.38. The van der Waals surface area contributed by atoms with E-state index < -0.39 is 0 Å². The van der Waals surface area contributed by atoms with Crippen LogP contribution in [0, 0.1) is 0 Å². The Bertz CT molecular complexity index is 807. The van der Waals surface area contributed by atoms with Crippen molar-refractivity contribution in [1.82, 2.24) is 0 Å². The number of hydrogen-bond donors (Lipinski definition) is 2. The Morgan fingerprint density at radius 2 is 1.04 bits per heavy atom. The minimum absolute atomic E-state index is 0.0915. The molecule has 0 spiro atoms. The summed E-state index contributed by atoms with van der Waals surface area (Å²) in [4.78, 5) is 22.8. The zero-order chi connectivity index (χ0) is 20.6. The highest BCUT2D eigenvalue weighted by molar-refractivity contribution is 5.82. The van der Waals surface area contributed by atoms with E-state index in [0.29, 0.717) is 23.7 Å². The van der Waals surface area contributed by atoms with Gasteiger partial charge in [-0.3, -0.25) is 9.59 Å². The highest BCUT2D eigenvalue weighted by atomic mass is 16.3. The quantitative estimate of drug-likeness (QED) is 0.752. The molecule has 27 heavy (non-hydrogen) atoms. The van der Waals surface area contributed by atoms with Crippen molar-refractivity contribution in [2.75, 3.05) is 0 Å². The number of hydrogen-bond acceptors (Lipinski definition) is 4. The molecule has 0 heterocycles. The molecule has 0 aliphatic carbocycles. The average molecular weight is 368 g/mol. The van der Waals surface area contributed by atoms with Crippen molar-refractivity contribution in [3.8, 4) is 11.5 Å². The first-order valence-corrected chi connectivity index (χ1v) is 9.01. The molecule has 2 aromatic rings. The lowest BCUT2D eigenvalue weighted by Crippen LogP contribution is -2.13. The van der Waals surface area contributed by atoms with Crippen molar-refractivity contribution in [3.63, 3.8) is 0 Å². The van der Waals surface area contributed by atoms with Crippen LogP contribution in [0.3, 0.4) is 0 Å². The Morgan fingerprint density at radius 3 is 1.30 bits per heavy atom. The molecule has 4 heteroatoms. The first-order chi connectivity index (χ1) is 12.4. The van der Waals surface area contributed by atoms with E-state index in [2.05, 4.69) is 0 Å². The fourth-order valence-corrected chi connectivity index (χ4v) is 2.96. The summed E-state index contributed by atoms with van der Waals surface area (Å²) in [6.07, 6.45) is 1.49. The summed E-state index contributed by atoms with van der Waals surface area (Å²) >= 11 is 0. The van der Waals surface area contributed by atoms with Crippen LogP contribution in [-0.4, -0.2) is 22.8 Å². The van der Waals surface area contributed by atoms with Crippen molar-refractivity contribution in [1.29, 1.82) is 0 Å². The fraction of sp³-hybridized carbons (Fsp3) is 0.391. The summed E-state index contributed by atoms with van der Waals surface area (Å²) in [6.45, 7) is 12.2. The molecular formula is C23H28O4. The highest BCUT2D eigenvalue weighted by Crippen LogP contribution is 2.36. The molecule has 0 fully saturated rings. The molecule has 0 aliphatic rings. The molecule has 2 aromatic carbocycles. The highest BCUT2D eigenvalue weighted by Gasteiger charge is 2.22. The number of carbonyl (C=O) groups excluding carboxylic acids is 2. The minimum atomic E-state index is -0.205. The van der Waals surface area contributed by atoms with Crippen LogP contribution in [-0.2, 0) is 17.3 Å². The summed E-state index contributed by atoms with van der Waals surface area (Å²) in [6, 6.07) is 7.08. The van der Waals surface area contributed by atoms with Crippen molar-refractivity contribution in [2.24, 2.45) is 0 Å². The van der Waals surface area contributed by atoms with Crippen molar-refractivity contribution in [2.45, 2.75) is 58.8 Å². The molecule has 4 nitrogen and oxygen atoms in total. The first kappa shape index (κ1) is 20.7. The summed E-state index contributed by atoms with van der Waals surface area (Å²) in [5, 5.41) is 21.0. The number of benzene rings is 2. The standard InChI is InChI=1S/C23H28O4/c1-22(2,3)18-8-14(20(26)16(10-18)12-24)7-15-9-19(23(4,5)6)11-17(13-25)21(15)27/h8-13,26-27H,7H2,1-6H3. The average Bonchev–Trinajstić information content (AvgIpc) is 2.56. The topological polar surface area (TPSA) is 74.6 Å². The van der Waals surface area contributed by atoms with Crippen LogP contribution in [0.25, 0.3) is 0 Å². The molecule has 2 rings (SSSR count). The SMILES string of the molecule is CC(C)(C)c1cc(C=O)c(O)c(Cc2cc(C(C)(C)C)cc(C=O)c2O)c1. The number of carbonyl (C=O) groups is 2. The van der Waals surface area contributed by atoms with E-state index in [4.69, 9.17) is 0 Å². The van der Waals surface area contributed by atoms with E-state index in [1.165, 1.54) is 0 Å². The summed E-state index contributed by atoms with van der Waals surface area (Å²) in [7, 11) is 0. The van der Waals surface area contributed by atoms with Crippen molar-refractivity contribution < 1.29 is 19.8 Å². The van der Waals surface area contributed by atoms with E-state index in [0.717, 1.165) is 11.1 Å². The van der Waals surface area contributed by atoms with E-state index in [-0.39, 0.29) is 39.9 Å². The molecule has 0 unspecified atom stereocenters. The number of aromatic hydroxyl groups is 2. The van der Waals surface area contributed by atoms with Gasteiger partial charge in [-0.25, -0.2) is 0 Å². The predicted octanol–water partition coefficient (Wildman–Crippen LogP) is 4.91. The van der Waals surface area contributed by atoms with Crippen LogP contribution in [0.1, 0.15) is 84.5 Å². The van der Waals surface area contributed by atoms with E-state index in [1.807, 2.05) is 53.7 Å². The molecule has 0 amide bonds. The third-order valence-corrected chi connectivity index (χ3v) is 4.80. The van der Waals surface area contributed by atoms with Gasteiger partial charge in [0.05, 0.1) is 11.1 Å². The van der Waals surface area contributed by atoms with Crippen LogP contribution in [0.4, 0.5) is 0 Å². The van der Waals surface area contributed by atoms with Gasteiger partial charge in [0.1, 0.15) is 11.5 Å². The third-order valence-electron chi connectivity index (χ3n) is 4.80. The van der Waals surface area contributed by atoms with E-state index >= 15 is 0 Å². The monoisotopic (exact) mass is 368 g/mol. The smallest absolute Gasteiger partial charge is 0.153 e. The molecule has 0 radical (unpaired) electrons. The fourth-order valence-electron chi connectivity index (χ4n) is 2.96. The van der Waals surface area contributed by atoms with Crippen molar-refractivity contribution in [3.05, 3.63) is 57.6 Å². The Kier molecular flexibility index (Phi) is 5.50. The van der Waals surface area contributed by atoms with Crippen LogP contribution in [0.15, 0.2) is 24.3 Å². The minimum Gasteiger partial charge on any atom is -0.507 e. The molecule has 0 saturated carbocycles. The molecule has 2 N–H and O–H groups in total. The number of aldehydes is 2. The van der Waals surface area contributed by atoms with Crippen molar-refractivity contribution >= 4 is 12.6 Å². The van der Waals surface area contributed by atoms with Gasteiger partial charge in [0.2, 0.25) is 0 Å². The largest absolute Gasteiger partial charge is 0.507 e. The number of rotatable bonds is 4. The molecule has 144 valence electrons.